The lowest BCUT2D eigenvalue weighted by atomic mass is 10.1. The second kappa shape index (κ2) is 5.81. The molecular weight excluding hydrogens is 254 g/mol. The molecule has 0 radical (unpaired) electrons. The second-order valence-corrected chi connectivity index (χ2v) is 5.16. The van der Waals surface area contributed by atoms with Crippen LogP contribution in [0.5, 0.6) is 11.5 Å². The number of hydrogen-bond donors (Lipinski definition) is 0. The number of ether oxygens (including phenoxy) is 1. The van der Waals surface area contributed by atoms with Crippen molar-refractivity contribution in [2.45, 2.75) is 18.7 Å². The largest absolute Gasteiger partial charge is 0.456 e. The average molecular weight is 269 g/mol. The lowest BCUT2D eigenvalue weighted by Gasteiger charge is -2.12. The minimum atomic E-state index is 0.593. The van der Waals surface area contributed by atoms with Crippen molar-refractivity contribution >= 4 is 11.8 Å². The highest BCUT2D eigenvalue weighted by molar-refractivity contribution is 7.98. The van der Waals surface area contributed by atoms with E-state index in [1.165, 1.54) is 5.56 Å². The van der Waals surface area contributed by atoms with Crippen LogP contribution in [0, 0.1) is 25.2 Å². The first-order valence-electron chi connectivity index (χ1n) is 5.98. The summed E-state index contributed by atoms with van der Waals surface area (Å²) >= 11 is 1.55. The van der Waals surface area contributed by atoms with Crippen LogP contribution < -0.4 is 4.74 Å². The van der Waals surface area contributed by atoms with Gasteiger partial charge in [0.05, 0.1) is 0 Å². The van der Waals surface area contributed by atoms with Crippen LogP contribution >= 0.6 is 11.8 Å². The predicted molar refractivity (Wildman–Crippen MR) is 78.9 cm³/mol. The normalized spacial score (nSPS) is 10.0. The first kappa shape index (κ1) is 13.5. The molecule has 0 N–H and O–H groups in total. The molecule has 0 amide bonds. The fourth-order valence-electron chi connectivity index (χ4n) is 1.91. The molecule has 0 aromatic heterocycles. The summed E-state index contributed by atoms with van der Waals surface area (Å²) in [7, 11) is 0. The molecule has 0 aliphatic carbocycles. The molecule has 0 unspecified atom stereocenters. The molecule has 0 aliphatic rings. The summed E-state index contributed by atoms with van der Waals surface area (Å²) in [6, 6.07) is 13.9. The maximum Gasteiger partial charge on any atom is 0.146 e. The molecular formula is C16H15NOS. The molecule has 96 valence electrons. The van der Waals surface area contributed by atoms with Gasteiger partial charge in [-0.15, -0.1) is 11.8 Å². The quantitative estimate of drug-likeness (QED) is 0.758. The predicted octanol–water partition coefficient (Wildman–Crippen LogP) is 4.69. The van der Waals surface area contributed by atoms with Gasteiger partial charge in [-0.3, -0.25) is 0 Å². The number of nitrogens with zero attached hydrogens (tertiary/aromatic N) is 1. The molecule has 2 aromatic carbocycles. The fraction of sp³-hybridized carbons (Fsp3) is 0.188. The first-order valence-corrected chi connectivity index (χ1v) is 7.20. The Labute approximate surface area is 118 Å². The number of rotatable bonds is 3. The number of thioether (sulfide) groups is 1. The maximum atomic E-state index is 9.28. The van der Waals surface area contributed by atoms with Crippen molar-refractivity contribution in [1.29, 1.82) is 5.26 Å². The Kier molecular flexibility index (Phi) is 4.13. The summed E-state index contributed by atoms with van der Waals surface area (Å²) in [5.74, 6) is 1.40. The van der Waals surface area contributed by atoms with Crippen molar-refractivity contribution < 1.29 is 4.74 Å². The van der Waals surface area contributed by atoms with E-state index in [2.05, 4.69) is 12.1 Å². The Morgan fingerprint density at radius 2 is 1.89 bits per heavy atom. The van der Waals surface area contributed by atoms with Gasteiger partial charge in [-0.05, 0) is 43.9 Å². The van der Waals surface area contributed by atoms with E-state index in [0.717, 1.165) is 16.2 Å². The smallest absolute Gasteiger partial charge is 0.146 e. The van der Waals surface area contributed by atoms with E-state index < -0.39 is 0 Å². The van der Waals surface area contributed by atoms with Gasteiger partial charge in [0.25, 0.3) is 0 Å². The summed E-state index contributed by atoms with van der Waals surface area (Å²) in [5.41, 5.74) is 2.86. The van der Waals surface area contributed by atoms with E-state index in [1.54, 1.807) is 11.8 Å². The van der Waals surface area contributed by atoms with Crippen molar-refractivity contribution in [3.63, 3.8) is 0 Å². The fourth-order valence-corrected chi connectivity index (χ4v) is 2.47. The van der Waals surface area contributed by atoms with E-state index >= 15 is 0 Å². The standard InChI is InChI=1S/C16H15NOS/c1-11-7-8-14(12(2)9-11)18-15-5-4-6-16(19-3)13(15)10-17/h4-9H,1-3H3. The molecule has 0 aliphatic heterocycles. The van der Waals surface area contributed by atoms with Crippen LogP contribution in [0.15, 0.2) is 41.3 Å². The van der Waals surface area contributed by atoms with Gasteiger partial charge in [0, 0.05) is 4.90 Å². The van der Waals surface area contributed by atoms with Crippen LogP contribution in [0.25, 0.3) is 0 Å². The van der Waals surface area contributed by atoms with Crippen LogP contribution in [0.1, 0.15) is 16.7 Å². The highest BCUT2D eigenvalue weighted by Gasteiger charge is 2.10. The topological polar surface area (TPSA) is 33.0 Å². The van der Waals surface area contributed by atoms with Gasteiger partial charge in [0.15, 0.2) is 0 Å². The molecule has 0 atom stereocenters. The molecule has 3 heteroatoms. The zero-order valence-electron chi connectivity index (χ0n) is 11.2. The first-order chi connectivity index (χ1) is 9.15. The zero-order chi connectivity index (χ0) is 13.8. The van der Waals surface area contributed by atoms with Gasteiger partial charge in [-0.25, -0.2) is 0 Å². The van der Waals surface area contributed by atoms with Crippen molar-refractivity contribution in [3.8, 4) is 17.6 Å². The van der Waals surface area contributed by atoms with Crippen LogP contribution in [0.3, 0.4) is 0 Å². The Hall–Kier alpha value is -1.92. The highest BCUT2D eigenvalue weighted by Crippen LogP contribution is 2.32. The molecule has 0 spiro atoms. The molecule has 19 heavy (non-hydrogen) atoms. The third-order valence-corrected chi connectivity index (χ3v) is 3.65. The minimum absolute atomic E-state index is 0.593. The Balaban J connectivity index is 2.41. The number of benzene rings is 2. The van der Waals surface area contributed by atoms with E-state index in [9.17, 15) is 5.26 Å². The number of aryl methyl sites for hydroxylation is 2. The molecule has 2 nitrogen and oxygen atoms in total. The Bertz CT molecular complexity index is 644. The van der Waals surface area contributed by atoms with Crippen molar-refractivity contribution in [1.82, 2.24) is 0 Å². The lowest BCUT2D eigenvalue weighted by molar-refractivity contribution is 0.475. The summed E-state index contributed by atoms with van der Waals surface area (Å²) in [6.07, 6.45) is 1.96. The molecule has 0 saturated carbocycles. The molecule has 0 bridgehead atoms. The van der Waals surface area contributed by atoms with Crippen LogP contribution in [-0.2, 0) is 0 Å². The van der Waals surface area contributed by atoms with Crippen molar-refractivity contribution in [3.05, 3.63) is 53.1 Å². The van der Waals surface area contributed by atoms with Crippen LogP contribution in [0.4, 0.5) is 0 Å². The molecule has 0 heterocycles. The number of hydrogen-bond acceptors (Lipinski definition) is 3. The number of nitriles is 1. The van der Waals surface area contributed by atoms with Gasteiger partial charge < -0.3 is 4.74 Å². The van der Waals surface area contributed by atoms with E-state index in [1.807, 2.05) is 50.4 Å². The van der Waals surface area contributed by atoms with E-state index in [0.29, 0.717) is 11.3 Å². The van der Waals surface area contributed by atoms with Gasteiger partial charge in [0.1, 0.15) is 23.1 Å². The van der Waals surface area contributed by atoms with E-state index in [-0.39, 0.29) is 0 Å². The van der Waals surface area contributed by atoms with Crippen molar-refractivity contribution in [2.24, 2.45) is 0 Å². The summed E-state index contributed by atoms with van der Waals surface area (Å²) in [5, 5.41) is 9.28. The lowest BCUT2D eigenvalue weighted by Crippen LogP contribution is -1.92. The minimum Gasteiger partial charge on any atom is -0.456 e. The maximum absolute atomic E-state index is 9.28. The van der Waals surface area contributed by atoms with Gasteiger partial charge >= 0.3 is 0 Å². The highest BCUT2D eigenvalue weighted by atomic mass is 32.2. The Morgan fingerprint density at radius 3 is 2.53 bits per heavy atom. The summed E-state index contributed by atoms with van der Waals surface area (Å²) in [4.78, 5) is 0.935. The van der Waals surface area contributed by atoms with E-state index in [4.69, 9.17) is 4.74 Å². The monoisotopic (exact) mass is 269 g/mol. The summed E-state index contributed by atoms with van der Waals surface area (Å²) < 4.78 is 5.89. The SMILES string of the molecule is CSc1cccc(Oc2ccc(C)cc2C)c1C#N. The van der Waals surface area contributed by atoms with Crippen LogP contribution in [-0.4, -0.2) is 6.26 Å². The molecule has 2 rings (SSSR count). The van der Waals surface area contributed by atoms with Gasteiger partial charge in [-0.1, -0.05) is 23.8 Å². The Morgan fingerprint density at radius 1 is 1.11 bits per heavy atom. The summed E-state index contributed by atoms with van der Waals surface area (Å²) in [6.45, 7) is 4.05. The third-order valence-electron chi connectivity index (χ3n) is 2.87. The average Bonchev–Trinajstić information content (AvgIpc) is 2.41. The third kappa shape index (κ3) is 2.91. The molecule has 0 fully saturated rings. The molecule has 0 saturated heterocycles. The zero-order valence-corrected chi connectivity index (χ0v) is 12.0. The van der Waals surface area contributed by atoms with Gasteiger partial charge in [0.2, 0.25) is 0 Å². The van der Waals surface area contributed by atoms with Gasteiger partial charge in [-0.2, -0.15) is 5.26 Å². The second-order valence-electron chi connectivity index (χ2n) is 4.32. The van der Waals surface area contributed by atoms with Crippen molar-refractivity contribution in [2.75, 3.05) is 6.26 Å². The van der Waals surface area contributed by atoms with Crippen LogP contribution in [0.2, 0.25) is 0 Å². The molecule has 2 aromatic rings.